The Morgan fingerprint density at radius 3 is 2.22 bits per heavy atom. The van der Waals surface area contributed by atoms with Crippen molar-refractivity contribution in [3.8, 4) is 22.4 Å². The molecule has 5 aromatic rings. The summed E-state index contributed by atoms with van der Waals surface area (Å²) in [5, 5.41) is 4.90. The maximum atomic E-state index is 4.66. The molecule has 1 radical (unpaired) electrons. The molecule has 0 aliphatic carbocycles. The van der Waals surface area contributed by atoms with Crippen LogP contribution in [0.3, 0.4) is 0 Å². The fourth-order valence-corrected chi connectivity index (χ4v) is 3.53. The Morgan fingerprint density at radius 1 is 0.593 bits per heavy atom. The van der Waals surface area contributed by atoms with Crippen LogP contribution in [-0.4, -0.2) is 4.98 Å². The van der Waals surface area contributed by atoms with Crippen molar-refractivity contribution in [2.45, 2.75) is 0 Å². The Hall–Kier alpha value is -2.80. The van der Waals surface area contributed by atoms with Crippen LogP contribution in [0.25, 0.3) is 43.9 Å². The first-order valence-electron chi connectivity index (χ1n) is 8.74. The van der Waals surface area contributed by atoms with E-state index in [-0.39, 0.29) is 20.1 Å². The molecule has 2 heteroatoms. The first-order chi connectivity index (χ1) is 12.9. The van der Waals surface area contributed by atoms with Gasteiger partial charge in [-0.3, -0.25) is 0 Å². The van der Waals surface area contributed by atoms with Gasteiger partial charge in [-0.1, -0.05) is 77.9 Å². The van der Waals surface area contributed by atoms with Gasteiger partial charge in [0.2, 0.25) is 0 Å². The van der Waals surface area contributed by atoms with Crippen LogP contribution in [-0.2, 0) is 20.1 Å². The van der Waals surface area contributed by atoms with E-state index in [1.165, 1.54) is 27.3 Å². The molecule has 0 aliphatic heterocycles. The standard InChI is InChI=1S/C25H16N.Ir/c1-2-6-18(7-3-1)19-10-12-21(13-11-19)25-24-15-14-20-8-4-5-9-22(20)23(24)16-17-26-25;/h1-12,14-17H;/q-1;. The maximum absolute atomic E-state index is 4.66. The topological polar surface area (TPSA) is 12.9 Å². The molecule has 0 amide bonds. The minimum atomic E-state index is 0. The SMILES string of the molecule is [Ir].[c-]1cc(-c2ccccc2)ccc1-c1nccc2c1ccc1ccccc12. The molecule has 0 atom stereocenters. The molecule has 5 rings (SSSR count). The summed E-state index contributed by atoms with van der Waals surface area (Å²) in [5.41, 5.74) is 4.37. The van der Waals surface area contributed by atoms with E-state index in [2.05, 4.69) is 89.9 Å². The van der Waals surface area contributed by atoms with Crippen molar-refractivity contribution in [3.05, 3.63) is 103 Å². The molecule has 1 heterocycles. The van der Waals surface area contributed by atoms with Gasteiger partial charge in [0.1, 0.15) is 0 Å². The quantitative estimate of drug-likeness (QED) is 0.190. The van der Waals surface area contributed by atoms with Gasteiger partial charge in [-0.2, -0.15) is 0 Å². The van der Waals surface area contributed by atoms with Gasteiger partial charge in [-0.25, -0.2) is 0 Å². The Morgan fingerprint density at radius 2 is 1.41 bits per heavy atom. The molecular weight excluding hydrogens is 506 g/mol. The van der Waals surface area contributed by atoms with E-state index in [1.54, 1.807) is 0 Å². The fraction of sp³-hybridized carbons (Fsp3) is 0. The van der Waals surface area contributed by atoms with Gasteiger partial charge in [0.15, 0.2) is 0 Å². The monoisotopic (exact) mass is 523 g/mol. The number of nitrogens with zero attached hydrogens (tertiary/aromatic N) is 1. The summed E-state index contributed by atoms with van der Waals surface area (Å²) in [6.45, 7) is 0. The zero-order valence-corrected chi connectivity index (χ0v) is 16.9. The Kier molecular flexibility index (Phi) is 4.85. The summed E-state index contributed by atoms with van der Waals surface area (Å²) in [5.74, 6) is 0. The normalized spacial score (nSPS) is 10.7. The molecule has 0 unspecified atom stereocenters. The molecule has 0 spiro atoms. The molecule has 0 saturated heterocycles. The first-order valence-corrected chi connectivity index (χ1v) is 8.74. The molecule has 4 aromatic carbocycles. The minimum Gasteiger partial charge on any atom is -0.304 e. The smallest absolute Gasteiger partial charge is 0.0167 e. The van der Waals surface area contributed by atoms with Crippen molar-refractivity contribution < 1.29 is 20.1 Å². The van der Waals surface area contributed by atoms with Crippen LogP contribution in [0.2, 0.25) is 0 Å². The molecular formula is C25H16IrN-. The number of aromatic nitrogens is 1. The number of pyridine rings is 1. The second-order valence-corrected chi connectivity index (χ2v) is 6.40. The van der Waals surface area contributed by atoms with E-state index < -0.39 is 0 Å². The van der Waals surface area contributed by atoms with Crippen LogP contribution in [0, 0.1) is 6.07 Å². The first kappa shape index (κ1) is 17.6. The molecule has 1 aromatic heterocycles. The van der Waals surface area contributed by atoms with Crippen molar-refractivity contribution in [2.24, 2.45) is 0 Å². The third-order valence-electron chi connectivity index (χ3n) is 4.85. The summed E-state index contributed by atoms with van der Waals surface area (Å²) in [6.07, 6.45) is 1.89. The van der Waals surface area contributed by atoms with E-state index in [1.807, 2.05) is 18.3 Å². The van der Waals surface area contributed by atoms with Gasteiger partial charge in [0.05, 0.1) is 0 Å². The van der Waals surface area contributed by atoms with Crippen LogP contribution < -0.4 is 0 Å². The average molecular weight is 523 g/mol. The number of rotatable bonds is 2. The third kappa shape index (κ3) is 3.19. The predicted octanol–water partition coefficient (Wildman–Crippen LogP) is 6.52. The van der Waals surface area contributed by atoms with Gasteiger partial charge < -0.3 is 4.98 Å². The second-order valence-electron chi connectivity index (χ2n) is 6.40. The number of hydrogen-bond acceptors (Lipinski definition) is 1. The summed E-state index contributed by atoms with van der Waals surface area (Å²) < 4.78 is 0. The van der Waals surface area contributed by atoms with Crippen LogP contribution in [0.5, 0.6) is 0 Å². The summed E-state index contributed by atoms with van der Waals surface area (Å²) in [6, 6.07) is 35.0. The number of benzene rings is 4. The molecule has 0 bridgehead atoms. The summed E-state index contributed by atoms with van der Waals surface area (Å²) in [4.78, 5) is 4.66. The molecule has 0 aliphatic rings. The molecule has 0 N–H and O–H groups in total. The Bertz CT molecular complexity index is 1210. The Balaban J connectivity index is 0.00000180. The summed E-state index contributed by atoms with van der Waals surface area (Å²) in [7, 11) is 0. The van der Waals surface area contributed by atoms with Gasteiger partial charge in [0.25, 0.3) is 0 Å². The van der Waals surface area contributed by atoms with E-state index >= 15 is 0 Å². The van der Waals surface area contributed by atoms with Gasteiger partial charge in [0, 0.05) is 26.3 Å². The average Bonchev–Trinajstić information content (AvgIpc) is 2.74. The van der Waals surface area contributed by atoms with Gasteiger partial charge in [-0.15, -0.1) is 29.8 Å². The van der Waals surface area contributed by atoms with E-state index in [9.17, 15) is 0 Å². The van der Waals surface area contributed by atoms with Crippen molar-refractivity contribution in [3.63, 3.8) is 0 Å². The van der Waals surface area contributed by atoms with Crippen molar-refractivity contribution in [2.75, 3.05) is 0 Å². The zero-order chi connectivity index (χ0) is 17.3. The molecule has 0 fully saturated rings. The number of fused-ring (bicyclic) bond motifs is 3. The molecule has 1 nitrogen and oxygen atoms in total. The van der Waals surface area contributed by atoms with E-state index in [4.69, 9.17) is 0 Å². The van der Waals surface area contributed by atoms with Gasteiger partial charge in [-0.05, 0) is 33.3 Å². The predicted molar refractivity (Wildman–Crippen MR) is 109 cm³/mol. The molecule has 27 heavy (non-hydrogen) atoms. The van der Waals surface area contributed by atoms with Crippen LogP contribution >= 0.6 is 0 Å². The molecule has 0 saturated carbocycles. The van der Waals surface area contributed by atoms with Crippen LogP contribution in [0.1, 0.15) is 0 Å². The summed E-state index contributed by atoms with van der Waals surface area (Å²) >= 11 is 0. The van der Waals surface area contributed by atoms with Crippen LogP contribution in [0.15, 0.2) is 97.2 Å². The number of hydrogen-bond donors (Lipinski definition) is 0. The van der Waals surface area contributed by atoms with Crippen LogP contribution in [0.4, 0.5) is 0 Å². The zero-order valence-electron chi connectivity index (χ0n) is 14.5. The fourth-order valence-electron chi connectivity index (χ4n) is 3.53. The van der Waals surface area contributed by atoms with Crippen molar-refractivity contribution in [1.82, 2.24) is 4.98 Å². The van der Waals surface area contributed by atoms with E-state index in [0.717, 1.165) is 16.6 Å². The van der Waals surface area contributed by atoms with E-state index in [0.29, 0.717) is 0 Å². The Labute approximate surface area is 172 Å². The maximum Gasteiger partial charge on any atom is 0.0167 e. The van der Waals surface area contributed by atoms with Crippen molar-refractivity contribution >= 4 is 21.5 Å². The van der Waals surface area contributed by atoms with Crippen molar-refractivity contribution in [1.29, 1.82) is 0 Å². The van der Waals surface area contributed by atoms with Gasteiger partial charge >= 0.3 is 0 Å². The minimum absolute atomic E-state index is 0. The second kappa shape index (κ2) is 7.44. The largest absolute Gasteiger partial charge is 0.304 e. The third-order valence-corrected chi connectivity index (χ3v) is 4.85. The molecule has 131 valence electrons.